The Labute approximate surface area is 166 Å². The maximum Gasteiger partial charge on any atom is 0.312 e. The van der Waals surface area contributed by atoms with E-state index < -0.39 is 6.08 Å². The second-order valence-corrected chi connectivity index (χ2v) is 6.87. The van der Waals surface area contributed by atoms with Crippen LogP contribution < -0.4 is 10.5 Å². The van der Waals surface area contributed by atoms with Crippen LogP contribution in [-0.2, 0) is 19.4 Å². The van der Waals surface area contributed by atoms with Gasteiger partial charge in [0.05, 0.1) is 6.61 Å². The van der Waals surface area contributed by atoms with Crippen LogP contribution >= 0.6 is 15.9 Å². The van der Waals surface area contributed by atoms with Crippen molar-refractivity contribution < 1.29 is 9.13 Å². The molecule has 1 aliphatic rings. The zero-order chi connectivity index (χ0) is 19.6. The molecular weight excluding hydrogens is 413 g/mol. The minimum absolute atomic E-state index is 0.0612. The van der Waals surface area contributed by atoms with Crippen LogP contribution in [0, 0.1) is 13.0 Å². The van der Waals surface area contributed by atoms with E-state index >= 15 is 0 Å². The minimum Gasteiger partial charge on any atom is -0.493 e. The third-order valence-electron chi connectivity index (χ3n) is 4.48. The van der Waals surface area contributed by atoms with Crippen LogP contribution in [-0.4, -0.2) is 31.5 Å². The summed E-state index contributed by atoms with van der Waals surface area (Å²) >= 11 is 3.43. The van der Waals surface area contributed by atoms with Crippen LogP contribution in [0.4, 0.5) is 10.2 Å². The summed E-state index contributed by atoms with van der Waals surface area (Å²) in [6.07, 6.45) is 0.700. The normalized spacial score (nSPS) is 12.5. The first kappa shape index (κ1) is 19.5. The first-order valence-electron chi connectivity index (χ1n) is 9.06. The van der Waals surface area contributed by atoms with Crippen LogP contribution in [0.25, 0.3) is 11.2 Å². The maximum absolute atomic E-state index is 13.6. The number of rotatable bonds is 4. The third-order valence-corrected chi connectivity index (χ3v) is 4.83. The number of halogens is 2. The molecule has 0 amide bonds. The van der Waals surface area contributed by atoms with Crippen molar-refractivity contribution in [3.63, 3.8) is 0 Å². The molecule has 8 heteroatoms. The fourth-order valence-electron chi connectivity index (χ4n) is 3.25. The lowest BCUT2D eigenvalue weighted by Gasteiger charge is -2.10. The Kier molecular flexibility index (Phi) is 5.94. The van der Waals surface area contributed by atoms with Gasteiger partial charge in [-0.2, -0.15) is 14.4 Å². The number of benzene rings is 1. The van der Waals surface area contributed by atoms with Gasteiger partial charge < -0.3 is 15.0 Å². The van der Waals surface area contributed by atoms with Gasteiger partial charge in [0.2, 0.25) is 0 Å². The quantitative estimate of drug-likeness (QED) is 0.497. The molecule has 0 bridgehead atoms. The van der Waals surface area contributed by atoms with E-state index in [9.17, 15) is 4.39 Å². The monoisotopic (exact) mass is 435 g/mol. The summed E-state index contributed by atoms with van der Waals surface area (Å²) in [5.41, 5.74) is 10.3. The molecule has 2 aromatic heterocycles. The summed E-state index contributed by atoms with van der Waals surface area (Å²) < 4.78 is 21.2. The highest BCUT2D eigenvalue weighted by Crippen LogP contribution is 2.30. The number of aromatic nitrogens is 4. The fraction of sp³-hybridized carbons (Fsp3) is 0.421. The van der Waals surface area contributed by atoms with E-state index in [1.807, 2.05) is 18.4 Å². The minimum atomic E-state index is -0.839. The van der Waals surface area contributed by atoms with Gasteiger partial charge in [0.25, 0.3) is 0 Å². The SMILES string of the molecule is CC.Cc1cc2c(cc1Cc1nc3c(N)nc(F)nc3n1CCBr)OCC2. The maximum atomic E-state index is 13.6. The Hall–Kier alpha value is -2.22. The number of nitrogen functional groups attached to an aromatic ring is 1. The van der Waals surface area contributed by atoms with Crippen molar-refractivity contribution in [2.24, 2.45) is 0 Å². The molecule has 6 nitrogen and oxygen atoms in total. The van der Waals surface area contributed by atoms with Gasteiger partial charge in [-0.05, 0) is 29.7 Å². The van der Waals surface area contributed by atoms with Crippen molar-refractivity contribution in [2.45, 2.75) is 40.2 Å². The first-order chi connectivity index (χ1) is 13.1. The zero-order valence-corrected chi connectivity index (χ0v) is 17.3. The summed E-state index contributed by atoms with van der Waals surface area (Å²) in [7, 11) is 0. The average Bonchev–Trinajstić information content (AvgIpc) is 3.23. The third kappa shape index (κ3) is 3.76. The smallest absolute Gasteiger partial charge is 0.312 e. The molecule has 3 heterocycles. The van der Waals surface area contributed by atoms with Gasteiger partial charge in [0.1, 0.15) is 11.6 Å². The largest absolute Gasteiger partial charge is 0.493 e. The predicted octanol–water partition coefficient (Wildman–Crippen LogP) is 3.80. The molecule has 0 fully saturated rings. The van der Waals surface area contributed by atoms with Crippen LogP contribution in [0.15, 0.2) is 12.1 Å². The molecule has 0 atom stereocenters. The van der Waals surface area contributed by atoms with Gasteiger partial charge in [0.15, 0.2) is 17.0 Å². The second-order valence-electron chi connectivity index (χ2n) is 6.08. The number of alkyl halides is 1. The van der Waals surface area contributed by atoms with E-state index in [-0.39, 0.29) is 5.82 Å². The van der Waals surface area contributed by atoms with Gasteiger partial charge in [0, 0.05) is 24.7 Å². The van der Waals surface area contributed by atoms with E-state index in [0.29, 0.717) is 29.5 Å². The lowest BCUT2D eigenvalue weighted by atomic mass is 10.0. The number of hydrogen-bond acceptors (Lipinski definition) is 5. The summed E-state index contributed by atoms with van der Waals surface area (Å²) in [6.45, 7) is 7.42. The lowest BCUT2D eigenvalue weighted by Crippen LogP contribution is -2.08. The number of imidazole rings is 1. The van der Waals surface area contributed by atoms with E-state index in [2.05, 4.69) is 49.9 Å². The zero-order valence-electron chi connectivity index (χ0n) is 15.7. The standard InChI is InChI=1S/C17H17BrFN5O.C2H6/c1-9-6-10-2-5-25-12(10)7-11(9)8-13-21-14-15(20)22-17(19)23-16(14)24(13)4-3-18;1-2/h6-7H,2-5,8H2,1H3,(H2,20,22,23);1-2H3. The van der Waals surface area contributed by atoms with Crippen LogP contribution in [0.1, 0.15) is 36.4 Å². The molecule has 4 rings (SSSR count). The topological polar surface area (TPSA) is 78.9 Å². The van der Waals surface area contributed by atoms with Crippen LogP contribution in [0.2, 0.25) is 0 Å². The highest BCUT2D eigenvalue weighted by molar-refractivity contribution is 9.09. The molecule has 0 radical (unpaired) electrons. The number of nitrogens with zero attached hydrogens (tertiary/aromatic N) is 4. The number of nitrogens with two attached hydrogens (primary N) is 1. The molecule has 2 N–H and O–H groups in total. The molecular formula is C19H23BrFN5O. The Morgan fingerprint density at radius 1 is 1.26 bits per heavy atom. The molecule has 0 aliphatic carbocycles. The molecule has 0 saturated heterocycles. The molecule has 27 heavy (non-hydrogen) atoms. The Balaban J connectivity index is 0.00000102. The van der Waals surface area contributed by atoms with E-state index in [1.165, 1.54) is 11.1 Å². The van der Waals surface area contributed by atoms with E-state index in [1.54, 1.807) is 0 Å². The molecule has 144 valence electrons. The van der Waals surface area contributed by atoms with Gasteiger partial charge >= 0.3 is 6.08 Å². The molecule has 1 aliphatic heterocycles. The number of aryl methyl sites for hydroxylation is 2. The summed E-state index contributed by atoms with van der Waals surface area (Å²) in [5, 5.41) is 0.698. The summed E-state index contributed by atoms with van der Waals surface area (Å²) in [6, 6.07) is 4.24. The number of hydrogen-bond donors (Lipinski definition) is 1. The molecule has 0 spiro atoms. The highest BCUT2D eigenvalue weighted by atomic mass is 79.9. The van der Waals surface area contributed by atoms with Crippen molar-refractivity contribution in [3.05, 3.63) is 40.7 Å². The lowest BCUT2D eigenvalue weighted by molar-refractivity contribution is 0.356. The van der Waals surface area contributed by atoms with Crippen LogP contribution in [0.5, 0.6) is 5.75 Å². The van der Waals surface area contributed by atoms with Crippen molar-refractivity contribution in [1.82, 2.24) is 19.5 Å². The molecule has 0 saturated carbocycles. The fourth-order valence-corrected chi connectivity index (χ4v) is 3.60. The van der Waals surface area contributed by atoms with Crippen molar-refractivity contribution in [3.8, 4) is 5.75 Å². The second kappa shape index (κ2) is 8.21. The number of ether oxygens (including phenoxy) is 1. The van der Waals surface area contributed by atoms with Crippen molar-refractivity contribution in [1.29, 1.82) is 0 Å². The average molecular weight is 436 g/mol. The Morgan fingerprint density at radius 2 is 2.04 bits per heavy atom. The number of anilines is 1. The van der Waals surface area contributed by atoms with Crippen molar-refractivity contribution >= 4 is 32.9 Å². The highest BCUT2D eigenvalue weighted by Gasteiger charge is 2.19. The van der Waals surface area contributed by atoms with E-state index in [4.69, 9.17) is 10.5 Å². The molecule has 3 aromatic rings. The van der Waals surface area contributed by atoms with Gasteiger partial charge in [-0.25, -0.2) is 4.98 Å². The van der Waals surface area contributed by atoms with Crippen LogP contribution in [0.3, 0.4) is 0 Å². The molecule has 0 unspecified atom stereocenters. The summed E-state index contributed by atoms with van der Waals surface area (Å²) in [5.74, 6) is 1.78. The van der Waals surface area contributed by atoms with Crippen molar-refractivity contribution in [2.75, 3.05) is 17.7 Å². The Morgan fingerprint density at radius 3 is 2.78 bits per heavy atom. The van der Waals surface area contributed by atoms with E-state index in [0.717, 1.165) is 30.2 Å². The summed E-state index contributed by atoms with van der Waals surface area (Å²) in [4.78, 5) is 12.1. The van der Waals surface area contributed by atoms with Gasteiger partial charge in [-0.3, -0.25) is 0 Å². The number of fused-ring (bicyclic) bond motifs is 2. The molecule has 1 aromatic carbocycles. The van der Waals surface area contributed by atoms with Gasteiger partial charge in [-0.15, -0.1) is 0 Å². The Bertz CT molecular complexity index is 973. The first-order valence-corrected chi connectivity index (χ1v) is 10.2. The van der Waals surface area contributed by atoms with Gasteiger partial charge in [-0.1, -0.05) is 35.8 Å². The predicted molar refractivity (Wildman–Crippen MR) is 108 cm³/mol.